The molecule has 2 aromatic rings. The van der Waals surface area contributed by atoms with E-state index in [0.717, 1.165) is 0 Å². The molecule has 0 aromatic carbocycles. The Kier molecular flexibility index (Phi) is 2.55. The topological polar surface area (TPSA) is 152 Å². The molecule has 0 bridgehead atoms. The fourth-order valence-electron chi connectivity index (χ4n) is 2.28. The van der Waals surface area contributed by atoms with E-state index in [9.17, 15) is 9.90 Å². The molecule has 6 N–H and O–H groups in total. The molecule has 19 heavy (non-hydrogen) atoms. The molecule has 9 heteroatoms. The van der Waals surface area contributed by atoms with E-state index >= 15 is 0 Å². The molecule has 1 aliphatic rings. The highest BCUT2D eigenvalue weighted by molar-refractivity contribution is 5.70. The summed E-state index contributed by atoms with van der Waals surface area (Å²) in [6.45, 7) is 0.154. The first kappa shape index (κ1) is 12.1. The van der Waals surface area contributed by atoms with Gasteiger partial charge in [0.05, 0.1) is 31.1 Å². The van der Waals surface area contributed by atoms with Crippen molar-refractivity contribution in [1.29, 1.82) is 0 Å². The smallest absolute Gasteiger partial charge is 0.280 e. The number of aliphatic hydroxyl groups is 2. The number of nitrogens with two attached hydrogens (primary N) is 1. The lowest BCUT2D eigenvalue weighted by molar-refractivity contribution is 0.216. The number of nitrogens with one attached hydrogen (secondary N) is 2. The van der Waals surface area contributed by atoms with Crippen LogP contribution in [0.4, 0.5) is 5.95 Å². The number of aromatic nitrogens is 4. The first-order valence-electron chi connectivity index (χ1n) is 5.80. The summed E-state index contributed by atoms with van der Waals surface area (Å²) in [6, 6.07) is -0.172. The molecule has 3 rings (SSSR count). The first-order valence-corrected chi connectivity index (χ1v) is 5.80. The number of aromatic amines is 1. The van der Waals surface area contributed by atoms with Gasteiger partial charge in [-0.05, 0) is 0 Å². The van der Waals surface area contributed by atoms with Crippen LogP contribution >= 0.6 is 0 Å². The van der Waals surface area contributed by atoms with E-state index in [2.05, 4.69) is 20.3 Å². The number of imidazole rings is 1. The summed E-state index contributed by atoms with van der Waals surface area (Å²) >= 11 is 0. The third-order valence-corrected chi connectivity index (χ3v) is 3.46. The molecule has 0 unspecified atom stereocenters. The number of hydrogen-bond acceptors (Lipinski definition) is 7. The summed E-state index contributed by atoms with van der Waals surface area (Å²) < 4.78 is 1.64. The van der Waals surface area contributed by atoms with Crippen molar-refractivity contribution >= 4 is 17.1 Å². The van der Waals surface area contributed by atoms with Gasteiger partial charge >= 0.3 is 0 Å². The van der Waals surface area contributed by atoms with Crippen molar-refractivity contribution in [2.24, 2.45) is 0 Å². The van der Waals surface area contributed by atoms with Crippen molar-refractivity contribution in [1.82, 2.24) is 24.8 Å². The van der Waals surface area contributed by atoms with Crippen molar-refractivity contribution in [2.45, 2.75) is 18.1 Å². The van der Waals surface area contributed by atoms with E-state index < -0.39 is 11.1 Å². The highest BCUT2D eigenvalue weighted by atomic mass is 16.3. The van der Waals surface area contributed by atoms with Gasteiger partial charge in [0, 0.05) is 6.54 Å². The molecular weight excluding hydrogens is 252 g/mol. The molecule has 0 aliphatic carbocycles. The molecule has 0 amide bonds. The average molecular weight is 266 g/mol. The molecule has 1 fully saturated rings. The van der Waals surface area contributed by atoms with Gasteiger partial charge in [-0.3, -0.25) is 15.1 Å². The molecule has 9 nitrogen and oxygen atoms in total. The Labute approximate surface area is 107 Å². The van der Waals surface area contributed by atoms with Gasteiger partial charge in [-0.15, -0.1) is 0 Å². The summed E-state index contributed by atoms with van der Waals surface area (Å²) in [5.41, 5.74) is 5.07. The van der Waals surface area contributed by atoms with Gasteiger partial charge in [0.1, 0.15) is 0 Å². The second-order valence-corrected chi connectivity index (χ2v) is 4.69. The number of H-pyrrole nitrogens is 1. The highest BCUT2D eigenvalue weighted by Gasteiger charge is 2.53. The third-order valence-electron chi connectivity index (χ3n) is 3.46. The Morgan fingerprint density at radius 1 is 1.53 bits per heavy atom. The van der Waals surface area contributed by atoms with Crippen LogP contribution in [0.3, 0.4) is 0 Å². The molecule has 2 aromatic heterocycles. The lowest BCUT2D eigenvalue weighted by atomic mass is 10.1. The van der Waals surface area contributed by atoms with Gasteiger partial charge in [-0.1, -0.05) is 0 Å². The van der Waals surface area contributed by atoms with Crippen LogP contribution in [0.25, 0.3) is 11.2 Å². The molecule has 1 saturated heterocycles. The third kappa shape index (κ3) is 1.79. The van der Waals surface area contributed by atoms with Crippen molar-refractivity contribution in [3.63, 3.8) is 0 Å². The molecule has 0 saturated carbocycles. The predicted molar refractivity (Wildman–Crippen MR) is 66.4 cm³/mol. The molecule has 2 atom stereocenters. The molecule has 1 aliphatic heterocycles. The summed E-state index contributed by atoms with van der Waals surface area (Å²) in [4.78, 5) is 22.0. The van der Waals surface area contributed by atoms with E-state index in [1.807, 2.05) is 0 Å². The van der Waals surface area contributed by atoms with E-state index in [1.165, 1.54) is 6.33 Å². The maximum Gasteiger partial charge on any atom is 0.280 e. The minimum atomic E-state index is -0.596. The molecule has 0 spiro atoms. The van der Waals surface area contributed by atoms with E-state index in [0.29, 0.717) is 12.2 Å². The van der Waals surface area contributed by atoms with Crippen molar-refractivity contribution < 1.29 is 10.2 Å². The van der Waals surface area contributed by atoms with Crippen LogP contribution < -0.4 is 16.6 Å². The summed E-state index contributed by atoms with van der Waals surface area (Å²) in [5.74, 6) is 0.0137. The number of fused-ring (bicyclic) bond motifs is 1. The molecule has 102 valence electrons. The number of anilines is 1. The monoisotopic (exact) mass is 266 g/mol. The van der Waals surface area contributed by atoms with Gasteiger partial charge in [0.15, 0.2) is 11.2 Å². The zero-order valence-corrected chi connectivity index (χ0v) is 10.00. The summed E-state index contributed by atoms with van der Waals surface area (Å²) in [6.07, 6.45) is 1.47. The SMILES string of the molecule is Nc1nc2c(ncn2C[C@]2(CO)N[C@H]2CO)c(=O)[nH]1. The Bertz CT molecular complexity index is 679. The first-order chi connectivity index (χ1) is 9.09. The van der Waals surface area contributed by atoms with Crippen molar-refractivity contribution in [3.05, 3.63) is 16.7 Å². The van der Waals surface area contributed by atoms with Crippen LogP contribution in [0.1, 0.15) is 0 Å². The van der Waals surface area contributed by atoms with Crippen LogP contribution in [0.15, 0.2) is 11.1 Å². The van der Waals surface area contributed by atoms with Crippen LogP contribution in [-0.4, -0.2) is 54.5 Å². The second kappa shape index (κ2) is 4.02. The van der Waals surface area contributed by atoms with Gasteiger partial charge in [0.25, 0.3) is 5.56 Å². The average Bonchev–Trinajstić information content (AvgIpc) is 2.95. The fraction of sp³-hybridized carbons (Fsp3) is 0.500. The maximum atomic E-state index is 11.6. The van der Waals surface area contributed by atoms with Crippen molar-refractivity contribution in [2.75, 3.05) is 18.9 Å². The summed E-state index contributed by atoms with van der Waals surface area (Å²) in [7, 11) is 0. The molecular formula is C10H14N6O3. The van der Waals surface area contributed by atoms with Gasteiger partial charge in [-0.25, -0.2) is 4.98 Å². The van der Waals surface area contributed by atoms with Gasteiger partial charge in [-0.2, -0.15) is 4.98 Å². The lowest BCUT2D eigenvalue weighted by Gasteiger charge is -2.12. The maximum absolute atomic E-state index is 11.6. The Morgan fingerprint density at radius 2 is 2.32 bits per heavy atom. The van der Waals surface area contributed by atoms with Gasteiger partial charge in [0.2, 0.25) is 5.95 Å². The Morgan fingerprint density at radius 3 is 2.95 bits per heavy atom. The number of hydrogen-bond donors (Lipinski definition) is 5. The lowest BCUT2D eigenvalue weighted by Crippen LogP contribution is -2.30. The van der Waals surface area contributed by atoms with Crippen LogP contribution in [0, 0.1) is 0 Å². The summed E-state index contributed by atoms with van der Waals surface area (Å²) in [5, 5.41) is 21.6. The number of aliphatic hydroxyl groups excluding tert-OH is 2. The second-order valence-electron chi connectivity index (χ2n) is 4.69. The number of rotatable bonds is 4. The standard InChI is InChI=1S/C10H14N6O3/c11-9-13-7-6(8(19)14-9)12-4-16(7)2-10(3-18)5(1-17)15-10/h4-5,15,17-18H,1-3H2,(H3,11,13,14,19)/t5-,10+/m0/s1. The van der Waals surface area contributed by atoms with Gasteiger partial charge < -0.3 is 20.5 Å². The number of nitrogens with zero attached hydrogens (tertiary/aromatic N) is 3. The largest absolute Gasteiger partial charge is 0.395 e. The zero-order valence-electron chi connectivity index (χ0n) is 10.00. The minimum absolute atomic E-state index is 0.0137. The minimum Gasteiger partial charge on any atom is -0.395 e. The fourth-order valence-corrected chi connectivity index (χ4v) is 2.28. The number of nitrogen functional groups attached to an aromatic ring is 1. The van der Waals surface area contributed by atoms with Crippen LogP contribution in [-0.2, 0) is 6.54 Å². The molecule has 0 radical (unpaired) electrons. The highest BCUT2D eigenvalue weighted by Crippen LogP contribution is 2.28. The van der Waals surface area contributed by atoms with E-state index in [-0.39, 0.29) is 30.7 Å². The van der Waals surface area contributed by atoms with E-state index in [1.54, 1.807) is 4.57 Å². The molecule has 3 heterocycles. The Hall–Kier alpha value is -1.97. The Balaban J connectivity index is 2.01. The zero-order chi connectivity index (χ0) is 13.6. The quantitative estimate of drug-likeness (QED) is 0.380. The van der Waals surface area contributed by atoms with Crippen LogP contribution in [0.2, 0.25) is 0 Å². The van der Waals surface area contributed by atoms with Crippen LogP contribution in [0.5, 0.6) is 0 Å². The van der Waals surface area contributed by atoms with E-state index in [4.69, 9.17) is 10.8 Å². The normalized spacial score (nSPS) is 25.9. The predicted octanol–water partition coefficient (Wildman–Crippen LogP) is -2.60. The van der Waals surface area contributed by atoms with Crippen molar-refractivity contribution in [3.8, 4) is 0 Å².